The Kier molecular flexibility index (Phi) is 6.44. The number of hydrogen-bond acceptors (Lipinski definition) is 6. The van der Waals surface area contributed by atoms with Crippen molar-refractivity contribution in [1.29, 1.82) is 0 Å². The minimum absolute atomic E-state index is 0.234. The van der Waals surface area contributed by atoms with E-state index in [1.54, 1.807) is 7.11 Å². The van der Waals surface area contributed by atoms with Crippen LogP contribution >= 0.6 is 0 Å². The zero-order chi connectivity index (χ0) is 22.7. The third-order valence-electron chi connectivity index (χ3n) is 5.97. The standard InChI is InChI=1S/C25H31N5O2/c1-5-22(31)30-14-12-29(13-15-30)20-9-7-19(8-10-20)27-25-26-16-18-6-11-21(32-4)23(17(2)3)24(18)28-25/h6-11,16-17H,5,12-15H2,1-4H3,(H,26,27,28). The van der Waals surface area contributed by atoms with Gasteiger partial charge in [-0.1, -0.05) is 20.8 Å². The molecule has 7 nitrogen and oxygen atoms in total. The number of anilines is 3. The van der Waals surface area contributed by atoms with Gasteiger partial charge in [-0.15, -0.1) is 0 Å². The summed E-state index contributed by atoms with van der Waals surface area (Å²) in [5, 5.41) is 4.32. The number of carbonyl (C=O) groups is 1. The lowest BCUT2D eigenvalue weighted by Gasteiger charge is -2.36. The van der Waals surface area contributed by atoms with Crippen LogP contribution in [0.25, 0.3) is 10.9 Å². The summed E-state index contributed by atoms with van der Waals surface area (Å²) in [7, 11) is 1.69. The summed E-state index contributed by atoms with van der Waals surface area (Å²) in [6.07, 6.45) is 2.42. The van der Waals surface area contributed by atoms with Crippen molar-refractivity contribution in [1.82, 2.24) is 14.9 Å². The second-order valence-electron chi connectivity index (χ2n) is 8.36. The predicted molar refractivity (Wildman–Crippen MR) is 129 cm³/mol. The number of methoxy groups -OCH3 is 1. The van der Waals surface area contributed by atoms with Crippen molar-refractivity contribution in [3.8, 4) is 5.75 Å². The molecule has 0 atom stereocenters. The van der Waals surface area contributed by atoms with Crippen LogP contribution in [0.5, 0.6) is 5.75 Å². The van der Waals surface area contributed by atoms with Crippen molar-refractivity contribution < 1.29 is 9.53 Å². The number of rotatable bonds is 6. The van der Waals surface area contributed by atoms with E-state index in [2.05, 4.69) is 41.2 Å². The maximum atomic E-state index is 11.9. The van der Waals surface area contributed by atoms with Crippen LogP contribution in [-0.4, -0.2) is 54.1 Å². The fourth-order valence-corrected chi connectivity index (χ4v) is 4.22. The molecule has 168 valence electrons. The minimum atomic E-state index is 0.234. The smallest absolute Gasteiger partial charge is 0.227 e. The van der Waals surface area contributed by atoms with Gasteiger partial charge < -0.3 is 19.9 Å². The number of carbonyl (C=O) groups excluding carboxylic acids is 1. The van der Waals surface area contributed by atoms with Gasteiger partial charge in [0.1, 0.15) is 5.75 Å². The van der Waals surface area contributed by atoms with Gasteiger partial charge in [0.15, 0.2) is 0 Å². The molecule has 1 aliphatic rings. The molecule has 1 aliphatic heterocycles. The molecule has 0 aliphatic carbocycles. The van der Waals surface area contributed by atoms with Crippen LogP contribution in [0, 0.1) is 0 Å². The van der Waals surface area contributed by atoms with E-state index in [-0.39, 0.29) is 11.8 Å². The highest BCUT2D eigenvalue weighted by atomic mass is 16.5. The molecule has 1 aromatic heterocycles. The summed E-state index contributed by atoms with van der Waals surface area (Å²) in [5.74, 6) is 1.93. The van der Waals surface area contributed by atoms with Crippen molar-refractivity contribution in [3.63, 3.8) is 0 Å². The molecule has 7 heteroatoms. The highest BCUT2D eigenvalue weighted by molar-refractivity contribution is 5.85. The van der Waals surface area contributed by atoms with Gasteiger partial charge in [0.25, 0.3) is 0 Å². The Morgan fingerprint density at radius 3 is 2.44 bits per heavy atom. The Morgan fingerprint density at radius 2 is 1.81 bits per heavy atom. The van der Waals surface area contributed by atoms with Gasteiger partial charge in [-0.3, -0.25) is 4.79 Å². The topological polar surface area (TPSA) is 70.6 Å². The lowest BCUT2D eigenvalue weighted by atomic mass is 9.99. The van der Waals surface area contributed by atoms with Gasteiger partial charge in [0.2, 0.25) is 11.9 Å². The zero-order valence-corrected chi connectivity index (χ0v) is 19.3. The molecule has 4 rings (SSSR count). The summed E-state index contributed by atoms with van der Waals surface area (Å²) in [6, 6.07) is 12.3. The van der Waals surface area contributed by atoms with Crippen molar-refractivity contribution >= 4 is 34.1 Å². The Hall–Kier alpha value is -3.35. The molecule has 1 amide bonds. The number of amides is 1. The van der Waals surface area contributed by atoms with E-state index in [1.807, 2.05) is 42.3 Å². The zero-order valence-electron chi connectivity index (χ0n) is 19.3. The lowest BCUT2D eigenvalue weighted by molar-refractivity contribution is -0.131. The molecule has 0 unspecified atom stereocenters. The minimum Gasteiger partial charge on any atom is -0.496 e. The number of fused-ring (bicyclic) bond motifs is 1. The van der Waals surface area contributed by atoms with E-state index < -0.39 is 0 Å². The third kappa shape index (κ3) is 4.47. The Labute approximate surface area is 189 Å². The first-order chi connectivity index (χ1) is 15.5. The molecular weight excluding hydrogens is 402 g/mol. The van der Waals surface area contributed by atoms with Crippen LogP contribution in [0.2, 0.25) is 0 Å². The average molecular weight is 434 g/mol. The molecule has 2 heterocycles. The SMILES string of the molecule is CCC(=O)N1CCN(c2ccc(Nc3ncc4ccc(OC)c(C(C)C)c4n3)cc2)CC1. The van der Waals surface area contributed by atoms with E-state index >= 15 is 0 Å². The molecule has 3 aromatic rings. The van der Waals surface area contributed by atoms with Crippen molar-refractivity contribution in [3.05, 3.63) is 48.2 Å². The molecule has 0 spiro atoms. The first kappa shape index (κ1) is 21.9. The molecule has 1 N–H and O–H groups in total. The molecule has 0 bridgehead atoms. The molecule has 32 heavy (non-hydrogen) atoms. The lowest BCUT2D eigenvalue weighted by Crippen LogP contribution is -2.48. The van der Waals surface area contributed by atoms with Gasteiger partial charge in [0, 0.05) is 61.1 Å². The highest BCUT2D eigenvalue weighted by Crippen LogP contribution is 2.33. The van der Waals surface area contributed by atoms with E-state index in [0.717, 1.165) is 59.8 Å². The number of nitrogens with one attached hydrogen (secondary N) is 1. The Bertz CT molecular complexity index is 1090. The van der Waals surface area contributed by atoms with Crippen molar-refractivity contribution in [2.75, 3.05) is 43.5 Å². The summed E-state index contributed by atoms with van der Waals surface area (Å²) in [6.45, 7) is 9.46. The molecule has 1 fully saturated rings. The maximum absolute atomic E-state index is 11.9. The van der Waals surface area contributed by atoms with Gasteiger partial charge in [-0.2, -0.15) is 0 Å². The summed E-state index contributed by atoms with van der Waals surface area (Å²) >= 11 is 0. The van der Waals surface area contributed by atoms with Gasteiger partial charge >= 0.3 is 0 Å². The molecule has 0 radical (unpaired) electrons. The van der Waals surface area contributed by atoms with E-state index in [9.17, 15) is 4.79 Å². The summed E-state index contributed by atoms with van der Waals surface area (Å²) < 4.78 is 5.56. The highest BCUT2D eigenvalue weighted by Gasteiger charge is 2.20. The number of nitrogens with zero attached hydrogens (tertiary/aromatic N) is 4. The van der Waals surface area contributed by atoms with E-state index in [0.29, 0.717) is 12.4 Å². The number of aromatic nitrogens is 2. The molecule has 1 saturated heterocycles. The van der Waals surface area contributed by atoms with E-state index in [4.69, 9.17) is 9.72 Å². The second-order valence-corrected chi connectivity index (χ2v) is 8.36. The van der Waals surface area contributed by atoms with Crippen LogP contribution < -0.4 is 15.0 Å². The number of piperazine rings is 1. The van der Waals surface area contributed by atoms with Crippen LogP contribution in [0.15, 0.2) is 42.6 Å². The molecular formula is C25H31N5O2. The largest absolute Gasteiger partial charge is 0.496 e. The van der Waals surface area contributed by atoms with Crippen molar-refractivity contribution in [2.24, 2.45) is 0 Å². The fraction of sp³-hybridized carbons (Fsp3) is 0.400. The van der Waals surface area contributed by atoms with Crippen LogP contribution in [-0.2, 0) is 4.79 Å². The average Bonchev–Trinajstić information content (AvgIpc) is 2.83. The summed E-state index contributed by atoms with van der Waals surface area (Å²) in [4.78, 5) is 25.4. The first-order valence-electron chi connectivity index (χ1n) is 11.2. The Morgan fingerprint density at radius 1 is 1.09 bits per heavy atom. The van der Waals surface area contributed by atoms with Gasteiger partial charge in [-0.05, 0) is 42.3 Å². The number of ether oxygens (including phenoxy) is 1. The number of benzene rings is 2. The van der Waals surface area contributed by atoms with Crippen LogP contribution in [0.4, 0.5) is 17.3 Å². The van der Waals surface area contributed by atoms with Crippen molar-refractivity contribution in [2.45, 2.75) is 33.1 Å². The normalized spacial score (nSPS) is 14.2. The predicted octanol–water partition coefficient (Wildman–Crippen LogP) is 4.56. The van der Waals surface area contributed by atoms with Crippen LogP contribution in [0.3, 0.4) is 0 Å². The Balaban J connectivity index is 1.49. The second kappa shape index (κ2) is 9.42. The fourth-order valence-electron chi connectivity index (χ4n) is 4.22. The third-order valence-corrected chi connectivity index (χ3v) is 5.97. The van der Waals surface area contributed by atoms with E-state index in [1.165, 1.54) is 0 Å². The van der Waals surface area contributed by atoms with Crippen LogP contribution in [0.1, 0.15) is 38.7 Å². The summed E-state index contributed by atoms with van der Waals surface area (Å²) in [5.41, 5.74) is 4.09. The first-order valence-corrected chi connectivity index (χ1v) is 11.2. The molecule has 0 saturated carbocycles. The quantitative estimate of drug-likeness (QED) is 0.614. The van der Waals surface area contributed by atoms with Gasteiger partial charge in [0.05, 0.1) is 12.6 Å². The molecule has 2 aromatic carbocycles. The monoisotopic (exact) mass is 433 g/mol. The number of hydrogen-bond donors (Lipinski definition) is 1. The van der Waals surface area contributed by atoms with Gasteiger partial charge in [-0.25, -0.2) is 9.97 Å². The maximum Gasteiger partial charge on any atom is 0.227 e.